The van der Waals surface area contributed by atoms with E-state index in [0.717, 1.165) is 37.7 Å². The summed E-state index contributed by atoms with van der Waals surface area (Å²) < 4.78 is 5.85. The van der Waals surface area contributed by atoms with E-state index in [2.05, 4.69) is 18.9 Å². The van der Waals surface area contributed by atoms with Crippen LogP contribution in [-0.4, -0.2) is 62.1 Å². The van der Waals surface area contributed by atoms with Crippen molar-refractivity contribution in [3.63, 3.8) is 0 Å². The number of ether oxygens (including phenoxy) is 1. The van der Waals surface area contributed by atoms with E-state index in [1.54, 1.807) is 11.3 Å². The molecule has 2 aliphatic rings. The maximum Gasteiger partial charge on any atom is 0.227 e. The van der Waals surface area contributed by atoms with Crippen LogP contribution in [0.1, 0.15) is 11.8 Å². The topological polar surface area (TPSA) is 32.8 Å². The van der Waals surface area contributed by atoms with Gasteiger partial charge in [-0.1, -0.05) is 13.0 Å². The zero-order chi connectivity index (χ0) is 14.9. The van der Waals surface area contributed by atoms with Crippen LogP contribution in [0.4, 0.5) is 0 Å². The largest absolute Gasteiger partial charge is 0.379 e. The number of thiophene rings is 1. The number of carbonyl (C=O) groups excluding carboxylic acids is 1. The molecule has 0 aliphatic carbocycles. The second-order valence-corrected chi connectivity index (χ2v) is 7.62. The molecule has 1 aromatic heterocycles. The molecule has 116 valence electrons. The highest BCUT2D eigenvalue weighted by Crippen LogP contribution is 2.37. The van der Waals surface area contributed by atoms with E-state index in [4.69, 9.17) is 4.74 Å². The van der Waals surface area contributed by atoms with Crippen molar-refractivity contribution in [1.29, 1.82) is 0 Å². The molecule has 0 saturated carbocycles. The molecule has 2 saturated heterocycles. The minimum absolute atomic E-state index is 0.107. The molecule has 0 bridgehead atoms. The second kappa shape index (κ2) is 6.07. The summed E-state index contributed by atoms with van der Waals surface area (Å²) in [5.74, 6) is 0.807. The van der Waals surface area contributed by atoms with E-state index >= 15 is 0 Å². The monoisotopic (exact) mass is 308 g/mol. The Balaban J connectivity index is 1.71. The lowest BCUT2D eigenvalue weighted by Crippen LogP contribution is -2.46. The highest BCUT2D eigenvalue weighted by molar-refractivity contribution is 7.10. The molecule has 2 atom stereocenters. The lowest BCUT2D eigenvalue weighted by atomic mass is 9.79. The lowest BCUT2D eigenvalue weighted by Gasteiger charge is -2.35. The number of hydrogen-bond acceptors (Lipinski definition) is 4. The Kier molecular flexibility index (Phi) is 4.33. The van der Waals surface area contributed by atoms with E-state index in [9.17, 15) is 4.79 Å². The van der Waals surface area contributed by atoms with E-state index in [-0.39, 0.29) is 11.3 Å². The fourth-order valence-corrected chi connectivity index (χ4v) is 4.35. The Labute approximate surface area is 130 Å². The minimum Gasteiger partial charge on any atom is -0.379 e. The standard InChI is InChI=1S/C16H24N2O2S/c1-13-9-17(2)10-16(13)11-18(5-6-20-12-16)15(19)8-14-4-3-7-21-14/h3-4,7,13H,5-6,8-12H2,1-2H3/t13-,16+/m1/s1. The van der Waals surface area contributed by atoms with Crippen molar-refractivity contribution in [2.45, 2.75) is 13.3 Å². The van der Waals surface area contributed by atoms with Crippen molar-refractivity contribution in [3.05, 3.63) is 22.4 Å². The van der Waals surface area contributed by atoms with Gasteiger partial charge in [-0.05, 0) is 24.4 Å². The van der Waals surface area contributed by atoms with Crippen molar-refractivity contribution in [3.8, 4) is 0 Å². The summed E-state index contributed by atoms with van der Waals surface area (Å²) in [6.07, 6.45) is 0.526. The van der Waals surface area contributed by atoms with Gasteiger partial charge >= 0.3 is 0 Å². The molecule has 2 fully saturated rings. The summed E-state index contributed by atoms with van der Waals surface area (Å²) in [7, 11) is 2.16. The first-order valence-corrected chi connectivity index (χ1v) is 8.53. The maximum atomic E-state index is 12.6. The third-order valence-corrected chi connectivity index (χ3v) is 5.75. The van der Waals surface area contributed by atoms with Crippen molar-refractivity contribution in [2.75, 3.05) is 46.4 Å². The third-order valence-electron chi connectivity index (χ3n) is 4.87. The van der Waals surface area contributed by atoms with Crippen LogP contribution in [0, 0.1) is 11.3 Å². The molecule has 0 aromatic carbocycles. The van der Waals surface area contributed by atoms with Gasteiger partial charge in [-0.3, -0.25) is 4.79 Å². The first kappa shape index (κ1) is 15.0. The number of nitrogens with zero attached hydrogens (tertiary/aromatic N) is 2. The fraction of sp³-hybridized carbons (Fsp3) is 0.688. The Bertz CT molecular complexity index is 490. The van der Waals surface area contributed by atoms with E-state index in [1.807, 2.05) is 22.4 Å². The Hall–Kier alpha value is -0.910. The van der Waals surface area contributed by atoms with Crippen LogP contribution in [0.25, 0.3) is 0 Å². The average molecular weight is 308 g/mol. The maximum absolute atomic E-state index is 12.6. The van der Waals surface area contributed by atoms with Gasteiger partial charge in [0, 0.05) is 36.5 Å². The molecule has 3 heterocycles. The van der Waals surface area contributed by atoms with Gasteiger partial charge in [-0.25, -0.2) is 0 Å². The van der Waals surface area contributed by atoms with Crippen molar-refractivity contribution in [2.24, 2.45) is 11.3 Å². The molecule has 4 nitrogen and oxygen atoms in total. The van der Waals surface area contributed by atoms with Gasteiger partial charge in [0.1, 0.15) is 0 Å². The van der Waals surface area contributed by atoms with E-state index < -0.39 is 0 Å². The highest BCUT2D eigenvalue weighted by atomic mass is 32.1. The second-order valence-electron chi connectivity index (χ2n) is 6.58. The van der Waals surface area contributed by atoms with Crippen LogP contribution in [0.2, 0.25) is 0 Å². The Morgan fingerprint density at radius 3 is 3.05 bits per heavy atom. The van der Waals surface area contributed by atoms with Gasteiger partial charge in [0.2, 0.25) is 5.91 Å². The van der Waals surface area contributed by atoms with E-state index in [1.165, 1.54) is 0 Å². The summed E-state index contributed by atoms with van der Waals surface area (Å²) in [4.78, 5) is 18.2. The average Bonchev–Trinajstić information content (AvgIpc) is 2.95. The molecule has 1 amide bonds. The summed E-state index contributed by atoms with van der Waals surface area (Å²) in [5, 5.41) is 2.03. The van der Waals surface area contributed by atoms with Gasteiger partial charge in [-0.15, -0.1) is 11.3 Å². The first-order chi connectivity index (χ1) is 10.1. The Morgan fingerprint density at radius 2 is 2.38 bits per heavy atom. The SMILES string of the molecule is C[C@@H]1CN(C)C[C@]12COCCN(C(=O)Cc1cccs1)C2. The fourth-order valence-electron chi connectivity index (χ4n) is 3.65. The quantitative estimate of drug-likeness (QED) is 0.834. The lowest BCUT2D eigenvalue weighted by molar-refractivity contribution is -0.131. The van der Waals surface area contributed by atoms with Crippen LogP contribution in [0.3, 0.4) is 0 Å². The van der Waals surface area contributed by atoms with Crippen LogP contribution >= 0.6 is 11.3 Å². The van der Waals surface area contributed by atoms with Gasteiger partial charge in [0.15, 0.2) is 0 Å². The predicted molar refractivity (Wildman–Crippen MR) is 84.5 cm³/mol. The summed E-state index contributed by atoms with van der Waals surface area (Å²) in [5.41, 5.74) is 0.107. The molecule has 0 radical (unpaired) electrons. The molecule has 21 heavy (non-hydrogen) atoms. The van der Waals surface area contributed by atoms with Gasteiger partial charge in [-0.2, -0.15) is 0 Å². The molecule has 3 rings (SSSR count). The van der Waals surface area contributed by atoms with Crippen LogP contribution in [-0.2, 0) is 16.0 Å². The van der Waals surface area contributed by atoms with Crippen LogP contribution in [0.15, 0.2) is 17.5 Å². The normalized spacial score (nSPS) is 30.8. The zero-order valence-electron chi connectivity index (χ0n) is 12.9. The third kappa shape index (κ3) is 3.15. The summed E-state index contributed by atoms with van der Waals surface area (Å²) >= 11 is 1.66. The molecule has 0 unspecified atom stereocenters. The molecular weight excluding hydrogens is 284 g/mol. The molecule has 0 N–H and O–H groups in total. The molecule has 1 spiro atoms. The number of hydrogen-bond donors (Lipinski definition) is 0. The highest BCUT2D eigenvalue weighted by Gasteiger charge is 2.46. The molecular formula is C16H24N2O2S. The van der Waals surface area contributed by atoms with Gasteiger partial charge < -0.3 is 14.5 Å². The summed E-state index contributed by atoms with van der Waals surface area (Å²) in [6, 6.07) is 4.05. The van der Waals surface area contributed by atoms with Crippen LogP contribution < -0.4 is 0 Å². The molecule has 5 heteroatoms. The summed E-state index contributed by atoms with van der Waals surface area (Å²) in [6.45, 7) is 7.41. The van der Waals surface area contributed by atoms with Gasteiger partial charge in [0.05, 0.1) is 19.6 Å². The van der Waals surface area contributed by atoms with Crippen molar-refractivity contribution >= 4 is 17.2 Å². The predicted octanol–water partition coefficient (Wildman–Crippen LogP) is 1.72. The number of carbonyl (C=O) groups is 1. The van der Waals surface area contributed by atoms with E-state index in [0.29, 0.717) is 18.9 Å². The number of likely N-dealkylation sites (tertiary alicyclic amines) is 1. The first-order valence-electron chi connectivity index (χ1n) is 7.65. The smallest absolute Gasteiger partial charge is 0.227 e. The zero-order valence-corrected chi connectivity index (χ0v) is 13.7. The van der Waals surface area contributed by atoms with Crippen molar-refractivity contribution in [1.82, 2.24) is 9.80 Å². The van der Waals surface area contributed by atoms with Crippen LogP contribution in [0.5, 0.6) is 0 Å². The van der Waals surface area contributed by atoms with Gasteiger partial charge in [0.25, 0.3) is 0 Å². The minimum atomic E-state index is 0.107. The van der Waals surface area contributed by atoms with Crippen molar-refractivity contribution < 1.29 is 9.53 Å². The number of rotatable bonds is 2. The molecule has 1 aromatic rings. The molecule has 2 aliphatic heterocycles. The number of amides is 1. The Morgan fingerprint density at radius 1 is 1.52 bits per heavy atom.